The topological polar surface area (TPSA) is 74.8 Å². The van der Waals surface area contributed by atoms with Gasteiger partial charge in [-0.05, 0) is 102 Å². The third kappa shape index (κ3) is 5.56. The first-order valence-electron chi connectivity index (χ1n) is 20.4. The van der Waals surface area contributed by atoms with Crippen LogP contribution in [0.2, 0.25) is 0 Å². The number of hydrogen-bond donors (Lipinski definition) is 0. The van der Waals surface area contributed by atoms with Crippen molar-refractivity contribution >= 4 is 94.0 Å². The van der Waals surface area contributed by atoms with Crippen LogP contribution in [0.3, 0.4) is 0 Å². The predicted octanol–water partition coefficient (Wildman–Crippen LogP) is 13.3. The molecule has 2 aliphatic rings. The predicted molar refractivity (Wildman–Crippen MR) is 245 cm³/mol. The number of halogens is 1. The summed E-state index contributed by atoms with van der Waals surface area (Å²) in [7, 11) is 0. The molecule has 9 rings (SSSR count). The van der Waals surface area contributed by atoms with Crippen molar-refractivity contribution in [1.82, 2.24) is 0 Å². The molecule has 7 heteroatoms. The molecule has 7 aromatic rings. The molecule has 2 heterocycles. The summed E-state index contributed by atoms with van der Waals surface area (Å²) in [6, 6.07) is 25.5. The van der Waals surface area contributed by atoms with Gasteiger partial charge < -0.3 is 0 Å². The Labute approximate surface area is 354 Å². The lowest BCUT2D eigenvalue weighted by Crippen LogP contribution is -2.42. The highest BCUT2D eigenvalue weighted by Crippen LogP contribution is 2.50. The van der Waals surface area contributed by atoms with Gasteiger partial charge in [0, 0.05) is 42.7 Å². The molecule has 298 valence electrons. The Balaban J connectivity index is 1.28. The Kier molecular flexibility index (Phi) is 8.16. The molecule has 2 aliphatic heterocycles. The number of nitrogens with zero attached hydrogens (tertiary/aromatic N) is 2. The molecule has 0 spiro atoms. The molecule has 0 atom stereocenters. The molecule has 0 N–H and O–H groups in total. The molecule has 0 saturated carbocycles. The molecule has 0 aromatic heterocycles. The van der Waals surface area contributed by atoms with E-state index in [0.717, 1.165) is 54.6 Å². The van der Waals surface area contributed by atoms with E-state index in [1.807, 2.05) is 54.6 Å². The molecule has 0 aliphatic carbocycles. The first-order valence-corrected chi connectivity index (χ1v) is 21.2. The van der Waals surface area contributed by atoms with E-state index in [1.54, 1.807) is 0 Å². The molecule has 7 aromatic carbocycles. The van der Waals surface area contributed by atoms with E-state index in [2.05, 4.69) is 123 Å². The van der Waals surface area contributed by atoms with Crippen molar-refractivity contribution in [3.63, 3.8) is 0 Å². The molecule has 0 unspecified atom stereocenters. The smallest absolute Gasteiger partial charge is 0.266 e. The number of carbonyl (C=O) groups excluding carboxylic acids is 4. The van der Waals surface area contributed by atoms with Crippen molar-refractivity contribution in [3.8, 4) is 0 Å². The van der Waals surface area contributed by atoms with Gasteiger partial charge in [-0.2, -0.15) is 0 Å². The molecule has 0 saturated heterocycles. The number of anilines is 2. The van der Waals surface area contributed by atoms with Crippen LogP contribution in [0, 0.1) is 0 Å². The first kappa shape index (κ1) is 39.1. The normalized spacial score (nSPS) is 15.3. The van der Waals surface area contributed by atoms with Gasteiger partial charge in [0.25, 0.3) is 23.6 Å². The van der Waals surface area contributed by atoms with Crippen LogP contribution in [0.25, 0.3) is 43.1 Å². The lowest BCUT2D eigenvalue weighted by molar-refractivity contribution is 0.0877. The SMILES string of the molecule is CC(C)(C)c1ccc(C(C)(C)C)c(N2C(=O)c3ccc4c5ccc6c7c(cc(Br)c(c8ccc(c3c48)C2=O)c75)C(=O)N(c2cc(C(C)(C)C)ccc2C(C)(C)C)C6=O)c1. The van der Waals surface area contributed by atoms with Crippen molar-refractivity contribution in [2.75, 3.05) is 9.80 Å². The zero-order chi connectivity index (χ0) is 42.6. The highest BCUT2D eigenvalue weighted by molar-refractivity contribution is 9.10. The third-order valence-corrected chi connectivity index (χ3v) is 13.1. The standard InChI is InChI=1S/C52H49BrN2O4/c1-49(2,3)26-13-21-35(51(7,8)9)38(23-26)54-45(56)31-18-15-28-29-16-19-33-42-34(25-37(53)43(44(29)42)30-17-20-32(46(54)57)41(31)40(28)30)48(59)55(47(33)58)39-24-27(50(4,5)6)14-22-36(39)52(10,11)12/h13-25H,1-12H3. The fourth-order valence-corrected chi connectivity index (χ4v) is 10.0. The highest BCUT2D eigenvalue weighted by atomic mass is 79.9. The first-order chi connectivity index (χ1) is 27.4. The van der Waals surface area contributed by atoms with Gasteiger partial charge in [-0.1, -0.05) is 141 Å². The van der Waals surface area contributed by atoms with Crippen LogP contribution in [0.1, 0.15) is 147 Å². The van der Waals surface area contributed by atoms with E-state index in [4.69, 9.17) is 0 Å². The van der Waals surface area contributed by atoms with Crippen molar-refractivity contribution in [2.45, 2.75) is 105 Å². The number of fused-ring (bicyclic) bond motifs is 2. The summed E-state index contributed by atoms with van der Waals surface area (Å²) in [4.78, 5) is 62.1. The summed E-state index contributed by atoms with van der Waals surface area (Å²) < 4.78 is 0.691. The number of amides is 4. The number of imide groups is 2. The van der Waals surface area contributed by atoms with Crippen LogP contribution in [-0.2, 0) is 21.7 Å². The Morgan fingerprint density at radius 3 is 1.15 bits per heavy atom. The van der Waals surface area contributed by atoms with Crippen LogP contribution in [0.15, 0.2) is 83.3 Å². The third-order valence-electron chi connectivity index (χ3n) is 12.5. The lowest BCUT2D eigenvalue weighted by atomic mass is 9.79. The van der Waals surface area contributed by atoms with E-state index in [-0.39, 0.29) is 45.3 Å². The Hall–Kier alpha value is -5.40. The maximum atomic E-state index is 14.9. The number of carbonyl (C=O) groups is 4. The summed E-state index contributed by atoms with van der Waals surface area (Å²) in [5, 5.41) is 6.18. The van der Waals surface area contributed by atoms with E-state index < -0.39 is 0 Å². The fraction of sp³-hybridized carbons (Fsp3) is 0.308. The van der Waals surface area contributed by atoms with E-state index in [0.29, 0.717) is 48.9 Å². The Morgan fingerprint density at radius 2 is 0.746 bits per heavy atom. The molecule has 0 bridgehead atoms. The maximum absolute atomic E-state index is 14.9. The van der Waals surface area contributed by atoms with Gasteiger partial charge in [-0.15, -0.1) is 0 Å². The van der Waals surface area contributed by atoms with Crippen molar-refractivity contribution in [2.24, 2.45) is 0 Å². The zero-order valence-electron chi connectivity index (χ0n) is 35.9. The molecule has 4 amide bonds. The summed E-state index contributed by atoms with van der Waals surface area (Å²) in [6.45, 7) is 25.3. The number of hydrogen-bond acceptors (Lipinski definition) is 4. The minimum absolute atomic E-state index is 0.200. The van der Waals surface area contributed by atoms with E-state index >= 15 is 0 Å². The van der Waals surface area contributed by atoms with Crippen LogP contribution in [-0.4, -0.2) is 23.6 Å². The minimum Gasteiger partial charge on any atom is -0.268 e. The monoisotopic (exact) mass is 844 g/mol. The fourth-order valence-electron chi connectivity index (χ4n) is 9.39. The van der Waals surface area contributed by atoms with Crippen LogP contribution in [0.4, 0.5) is 11.4 Å². The lowest BCUT2D eigenvalue weighted by Gasteiger charge is -2.35. The van der Waals surface area contributed by atoms with Gasteiger partial charge >= 0.3 is 0 Å². The maximum Gasteiger partial charge on any atom is 0.266 e. The minimum atomic E-state index is -0.374. The number of benzene rings is 7. The molecule has 59 heavy (non-hydrogen) atoms. The largest absolute Gasteiger partial charge is 0.268 e. The van der Waals surface area contributed by atoms with Crippen LogP contribution in [0.5, 0.6) is 0 Å². The van der Waals surface area contributed by atoms with Crippen LogP contribution >= 0.6 is 15.9 Å². The average molecular weight is 846 g/mol. The van der Waals surface area contributed by atoms with Crippen molar-refractivity contribution in [1.29, 1.82) is 0 Å². The molecule has 0 radical (unpaired) electrons. The second-order valence-corrected chi connectivity index (χ2v) is 21.5. The van der Waals surface area contributed by atoms with Crippen molar-refractivity contribution < 1.29 is 19.2 Å². The Morgan fingerprint density at radius 1 is 0.373 bits per heavy atom. The number of rotatable bonds is 2. The van der Waals surface area contributed by atoms with E-state index in [9.17, 15) is 19.2 Å². The average Bonchev–Trinajstić information content (AvgIpc) is 3.14. The second-order valence-electron chi connectivity index (χ2n) is 20.6. The molecular formula is C52H49BrN2O4. The summed E-state index contributed by atoms with van der Waals surface area (Å²) in [5.74, 6) is -1.46. The van der Waals surface area contributed by atoms with Gasteiger partial charge in [0.1, 0.15) is 0 Å². The zero-order valence-corrected chi connectivity index (χ0v) is 37.5. The molecule has 6 nitrogen and oxygen atoms in total. The van der Waals surface area contributed by atoms with Gasteiger partial charge in [0.05, 0.1) is 16.9 Å². The van der Waals surface area contributed by atoms with E-state index in [1.165, 1.54) is 9.80 Å². The quantitative estimate of drug-likeness (QED) is 0.0987. The highest BCUT2D eigenvalue weighted by Gasteiger charge is 2.41. The van der Waals surface area contributed by atoms with Gasteiger partial charge in [0.2, 0.25) is 0 Å². The van der Waals surface area contributed by atoms with Gasteiger partial charge in [-0.25, -0.2) is 9.80 Å². The second kappa shape index (κ2) is 12.3. The molecule has 0 fully saturated rings. The Bertz CT molecular complexity index is 3050. The summed E-state index contributed by atoms with van der Waals surface area (Å²) >= 11 is 3.89. The summed E-state index contributed by atoms with van der Waals surface area (Å²) in [6.07, 6.45) is 0. The van der Waals surface area contributed by atoms with Crippen LogP contribution < -0.4 is 9.80 Å². The summed E-state index contributed by atoms with van der Waals surface area (Å²) in [5.41, 5.74) is 5.82. The molecular weight excluding hydrogens is 796 g/mol. The van der Waals surface area contributed by atoms with Gasteiger partial charge in [0.15, 0.2) is 0 Å². The van der Waals surface area contributed by atoms with Gasteiger partial charge in [-0.3, -0.25) is 19.2 Å². The van der Waals surface area contributed by atoms with Crippen molar-refractivity contribution in [3.05, 3.63) is 128 Å².